The Morgan fingerprint density at radius 3 is 2.71 bits per heavy atom. The number of alkyl halides is 1. The first-order valence-electron chi connectivity index (χ1n) is 4.26. The van der Waals surface area contributed by atoms with Crippen molar-refractivity contribution in [2.75, 3.05) is 0 Å². The van der Waals surface area contributed by atoms with E-state index in [0.717, 1.165) is 0 Å². The van der Waals surface area contributed by atoms with Gasteiger partial charge in [-0.05, 0) is 20.8 Å². The van der Waals surface area contributed by atoms with Crippen LogP contribution in [0.25, 0.3) is 0 Å². The number of halogens is 1. The van der Waals surface area contributed by atoms with Crippen molar-refractivity contribution in [1.29, 1.82) is 0 Å². The quantitative estimate of drug-likeness (QED) is 0.609. The Hall–Kier alpha value is -1.03. The fourth-order valence-electron chi connectivity index (χ4n) is 0.865. The van der Waals surface area contributed by atoms with E-state index >= 15 is 0 Å². The van der Waals surface area contributed by atoms with E-state index in [1.807, 2.05) is 0 Å². The predicted octanol–water partition coefficient (Wildman–Crippen LogP) is 2.10. The number of nitrogens with one attached hydrogen (secondary N) is 1. The van der Waals surface area contributed by atoms with Gasteiger partial charge in [-0.15, -0.1) is 11.6 Å². The molecule has 0 saturated carbocycles. The molecule has 4 nitrogen and oxygen atoms in total. The number of H-pyrrole nitrogens is 1. The molecule has 0 saturated heterocycles. The van der Waals surface area contributed by atoms with Gasteiger partial charge in [0.15, 0.2) is 5.69 Å². The maximum absolute atomic E-state index is 11.4. The lowest BCUT2D eigenvalue weighted by molar-refractivity contribution is 0.00633. The summed E-state index contributed by atoms with van der Waals surface area (Å²) in [6.07, 6.45) is 1.49. The van der Waals surface area contributed by atoms with Crippen LogP contribution in [0.15, 0.2) is 6.20 Å². The third-order valence-corrected chi connectivity index (χ3v) is 1.62. The van der Waals surface area contributed by atoms with Gasteiger partial charge in [-0.3, -0.25) is 0 Å². The number of carbonyl (C=O) groups excluding carboxylic acids is 1. The van der Waals surface area contributed by atoms with Gasteiger partial charge >= 0.3 is 5.97 Å². The molecule has 14 heavy (non-hydrogen) atoms. The molecule has 78 valence electrons. The molecule has 0 unspecified atom stereocenters. The zero-order valence-electron chi connectivity index (χ0n) is 8.43. The molecule has 5 heteroatoms. The van der Waals surface area contributed by atoms with Gasteiger partial charge in [-0.2, -0.15) is 0 Å². The van der Waals surface area contributed by atoms with Crippen LogP contribution in [0.3, 0.4) is 0 Å². The van der Waals surface area contributed by atoms with Crippen molar-refractivity contribution < 1.29 is 9.53 Å². The van der Waals surface area contributed by atoms with Crippen LogP contribution < -0.4 is 0 Å². The number of ether oxygens (including phenoxy) is 1. The smallest absolute Gasteiger partial charge is 0.359 e. The summed E-state index contributed by atoms with van der Waals surface area (Å²) < 4.78 is 5.12. The second-order valence-corrected chi connectivity index (χ2v) is 4.14. The molecule has 1 aromatic heterocycles. The number of nitrogens with zero attached hydrogens (tertiary/aromatic N) is 1. The maximum atomic E-state index is 11.4. The fourth-order valence-corrected chi connectivity index (χ4v) is 1.00. The summed E-state index contributed by atoms with van der Waals surface area (Å²) in [5.41, 5.74) is -0.243. The number of hydrogen-bond acceptors (Lipinski definition) is 3. The minimum Gasteiger partial charge on any atom is -0.455 e. The number of carbonyl (C=O) groups is 1. The lowest BCUT2D eigenvalue weighted by Crippen LogP contribution is -2.24. The molecule has 1 rings (SSSR count). The molecule has 0 spiro atoms. The SMILES string of the molecule is CC(C)(C)OC(=O)c1c[nH]c(CCl)n1. The van der Waals surface area contributed by atoms with E-state index < -0.39 is 11.6 Å². The van der Waals surface area contributed by atoms with Crippen LogP contribution >= 0.6 is 11.6 Å². The number of aromatic amines is 1. The van der Waals surface area contributed by atoms with Gasteiger partial charge in [0.25, 0.3) is 0 Å². The molecule has 0 aliphatic carbocycles. The lowest BCUT2D eigenvalue weighted by atomic mass is 10.2. The third kappa shape index (κ3) is 3.03. The van der Waals surface area contributed by atoms with Crippen LogP contribution in [-0.4, -0.2) is 21.5 Å². The van der Waals surface area contributed by atoms with E-state index in [0.29, 0.717) is 5.82 Å². The zero-order chi connectivity index (χ0) is 10.8. The van der Waals surface area contributed by atoms with Gasteiger partial charge in [0.1, 0.15) is 11.4 Å². The molecule has 0 radical (unpaired) electrons. The molecule has 0 fully saturated rings. The summed E-state index contributed by atoms with van der Waals surface area (Å²) in [7, 11) is 0. The van der Waals surface area contributed by atoms with Crippen molar-refractivity contribution in [2.24, 2.45) is 0 Å². The summed E-state index contributed by atoms with van der Waals surface area (Å²) in [5.74, 6) is 0.376. The first-order valence-corrected chi connectivity index (χ1v) is 4.79. The lowest BCUT2D eigenvalue weighted by Gasteiger charge is -2.18. The summed E-state index contributed by atoms with van der Waals surface area (Å²) in [4.78, 5) is 18.2. The molecular formula is C9H13ClN2O2. The summed E-state index contributed by atoms with van der Waals surface area (Å²) in [6, 6.07) is 0. The number of aromatic nitrogens is 2. The van der Waals surface area contributed by atoms with E-state index in [4.69, 9.17) is 16.3 Å². The van der Waals surface area contributed by atoms with Gasteiger partial charge in [0.05, 0.1) is 5.88 Å². The zero-order valence-corrected chi connectivity index (χ0v) is 9.18. The highest BCUT2D eigenvalue weighted by Crippen LogP contribution is 2.11. The Balaban J connectivity index is 2.70. The van der Waals surface area contributed by atoms with Crippen molar-refractivity contribution in [2.45, 2.75) is 32.3 Å². The monoisotopic (exact) mass is 216 g/mol. The van der Waals surface area contributed by atoms with Crippen LogP contribution in [0.4, 0.5) is 0 Å². The van der Waals surface area contributed by atoms with E-state index in [-0.39, 0.29) is 11.6 Å². The minimum atomic E-state index is -0.503. The molecule has 1 N–H and O–H groups in total. The van der Waals surface area contributed by atoms with E-state index in [2.05, 4.69) is 9.97 Å². The number of hydrogen-bond donors (Lipinski definition) is 1. The molecule has 1 heterocycles. The standard InChI is InChI=1S/C9H13ClN2O2/c1-9(2,3)14-8(13)6-5-11-7(4-10)12-6/h5H,4H2,1-3H3,(H,11,12). The largest absolute Gasteiger partial charge is 0.455 e. The van der Waals surface area contributed by atoms with Crippen LogP contribution in [0.2, 0.25) is 0 Å². The summed E-state index contributed by atoms with van der Waals surface area (Å²) in [6.45, 7) is 5.42. The molecule has 0 aliphatic heterocycles. The average molecular weight is 217 g/mol. The average Bonchev–Trinajstić information content (AvgIpc) is 2.48. The van der Waals surface area contributed by atoms with E-state index in [1.165, 1.54) is 6.20 Å². The van der Waals surface area contributed by atoms with Crippen LogP contribution in [-0.2, 0) is 10.6 Å². The highest BCUT2D eigenvalue weighted by atomic mass is 35.5. The molecule has 0 aromatic carbocycles. The predicted molar refractivity (Wildman–Crippen MR) is 53.3 cm³/mol. The Kier molecular flexibility index (Phi) is 3.16. The number of imidazole rings is 1. The first kappa shape index (κ1) is 11.0. The van der Waals surface area contributed by atoms with Crippen LogP contribution in [0.1, 0.15) is 37.1 Å². The Bertz CT molecular complexity index is 328. The van der Waals surface area contributed by atoms with Crippen molar-refractivity contribution in [1.82, 2.24) is 9.97 Å². The molecule has 0 atom stereocenters. The van der Waals surface area contributed by atoms with Crippen molar-refractivity contribution in [3.8, 4) is 0 Å². The molecule has 0 aliphatic rings. The van der Waals surface area contributed by atoms with Crippen molar-refractivity contribution in [3.05, 3.63) is 17.7 Å². The second-order valence-electron chi connectivity index (χ2n) is 3.87. The van der Waals surface area contributed by atoms with E-state index in [9.17, 15) is 4.79 Å². The van der Waals surface area contributed by atoms with Crippen molar-refractivity contribution in [3.63, 3.8) is 0 Å². The molecule has 1 aromatic rings. The minimum absolute atomic E-state index is 0.253. The molecule has 0 amide bonds. The van der Waals surface area contributed by atoms with Gasteiger partial charge in [-0.25, -0.2) is 9.78 Å². The number of rotatable bonds is 2. The summed E-state index contributed by atoms with van der Waals surface area (Å²) in [5, 5.41) is 0. The van der Waals surface area contributed by atoms with Crippen LogP contribution in [0.5, 0.6) is 0 Å². The Morgan fingerprint density at radius 1 is 1.64 bits per heavy atom. The van der Waals surface area contributed by atoms with E-state index in [1.54, 1.807) is 20.8 Å². The third-order valence-electron chi connectivity index (χ3n) is 1.37. The highest BCUT2D eigenvalue weighted by molar-refractivity contribution is 6.16. The molecular weight excluding hydrogens is 204 g/mol. The first-order chi connectivity index (χ1) is 6.42. The van der Waals surface area contributed by atoms with Gasteiger partial charge in [-0.1, -0.05) is 0 Å². The fraction of sp³-hybridized carbons (Fsp3) is 0.556. The second kappa shape index (κ2) is 4.00. The normalized spacial score (nSPS) is 11.4. The Morgan fingerprint density at radius 2 is 2.29 bits per heavy atom. The van der Waals surface area contributed by atoms with Gasteiger partial charge in [0.2, 0.25) is 0 Å². The molecule has 0 bridgehead atoms. The number of esters is 1. The summed E-state index contributed by atoms with van der Waals surface area (Å²) >= 11 is 5.53. The maximum Gasteiger partial charge on any atom is 0.359 e. The van der Waals surface area contributed by atoms with Crippen molar-refractivity contribution >= 4 is 17.6 Å². The topological polar surface area (TPSA) is 55.0 Å². The van der Waals surface area contributed by atoms with Gasteiger partial charge in [0, 0.05) is 6.20 Å². The van der Waals surface area contributed by atoms with Gasteiger partial charge < -0.3 is 9.72 Å². The highest BCUT2D eigenvalue weighted by Gasteiger charge is 2.19. The van der Waals surface area contributed by atoms with Crippen LogP contribution in [0, 0.1) is 0 Å². The Labute approximate surface area is 87.6 Å².